The predicted octanol–water partition coefficient (Wildman–Crippen LogP) is 2.23. The first-order chi connectivity index (χ1) is 9.76. The minimum absolute atomic E-state index is 0.557. The zero-order valence-electron chi connectivity index (χ0n) is 12.6. The predicted molar refractivity (Wildman–Crippen MR) is 83.5 cm³/mol. The van der Waals surface area contributed by atoms with Gasteiger partial charge in [0.05, 0.1) is 0 Å². The Bertz CT molecular complexity index is 440. The fourth-order valence-electron chi connectivity index (χ4n) is 3.76. The second-order valence-electron chi connectivity index (χ2n) is 6.52. The van der Waals surface area contributed by atoms with Crippen LogP contribution < -0.4 is 5.73 Å². The molecule has 110 valence electrons. The van der Waals surface area contributed by atoms with Crippen molar-refractivity contribution < 1.29 is 0 Å². The van der Waals surface area contributed by atoms with Crippen LogP contribution in [0.3, 0.4) is 0 Å². The first kappa shape index (κ1) is 14.1. The van der Waals surface area contributed by atoms with Crippen LogP contribution in [-0.4, -0.2) is 43.0 Å². The van der Waals surface area contributed by atoms with E-state index in [0.717, 1.165) is 19.6 Å². The highest BCUT2D eigenvalue weighted by Crippen LogP contribution is 2.34. The number of rotatable bonds is 4. The van der Waals surface area contributed by atoms with Crippen molar-refractivity contribution in [3.63, 3.8) is 0 Å². The molecule has 0 aliphatic carbocycles. The maximum atomic E-state index is 5.84. The largest absolute Gasteiger partial charge is 0.330 e. The highest BCUT2D eigenvalue weighted by Gasteiger charge is 2.29. The Balaban J connectivity index is 1.70. The molecule has 0 saturated carbocycles. The van der Waals surface area contributed by atoms with Gasteiger partial charge in [0.15, 0.2) is 0 Å². The van der Waals surface area contributed by atoms with E-state index in [1.807, 2.05) is 0 Å². The molecule has 2 fully saturated rings. The number of benzene rings is 1. The van der Waals surface area contributed by atoms with E-state index in [0.29, 0.717) is 12.0 Å². The molecule has 2 N–H and O–H groups in total. The highest BCUT2D eigenvalue weighted by molar-refractivity contribution is 5.27. The van der Waals surface area contributed by atoms with Crippen LogP contribution in [0.1, 0.15) is 36.4 Å². The number of nitrogens with zero attached hydrogens (tertiary/aromatic N) is 2. The molecular weight excluding hydrogens is 246 g/mol. The van der Waals surface area contributed by atoms with Crippen LogP contribution in [-0.2, 0) is 6.54 Å². The molecule has 0 radical (unpaired) electrons. The maximum absolute atomic E-state index is 5.84. The molecule has 20 heavy (non-hydrogen) atoms. The Hall–Kier alpha value is -0.900. The molecular formula is C17H27N3. The summed E-state index contributed by atoms with van der Waals surface area (Å²) < 4.78 is 0. The lowest BCUT2D eigenvalue weighted by atomic mass is 9.98. The van der Waals surface area contributed by atoms with Gasteiger partial charge in [-0.15, -0.1) is 0 Å². The molecule has 2 unspecified atom stereocenters. The third-order valence-corrected chi connectivity index (χ3v) is 4.91. The highest BCUT2D eigenvalue weighted by atomic mass is 15.2. The van der Waals surface area contributed by atoms with Crippen molar-refractivity contribution in [3.05, 3.63) is 35.4 Å². The van der Waals surface area contributed by atoms with E-state index in [1.165, 1.54) is 43.5 Å². The van der Waals surface area contributed by atoms with Crippen molar-refractivity contribution in [2.45, 2.75) is 31.8 Å². The SMILES string of the molecule is CN1CC(CN)CC1c1cccc(CN2CCCC2)c1. The molecule has 1 aromatic rings. The van der Waals surface area contributed by atoms with E-state index in [4.69, 9.17) is 5.73 Å². The number of hydrogen-bond donors (Lipinski definition) is 1. The monoisotopic (exact) mass is 273 g/mol. The van der Waals surface area contributed by atoms with Gasteiger partial charge in [-0.3, -0.25) is 9.80 Å². The molecule has 2 aliphatic heterocycles. The molecule has 3 rings (SSSR count). The first-order valence-electron chi connectivity index (χ1n) is 7.98. The van der Waals surface area contributed by atoms with Crippen molar-refractivity contribution in [3.8, 4) is 0 Å². The van der Waals surface area contributed by atoms with Gasteiger partial charge in [0.2, 0.25) is 0 Å². The Kier molecular flexibility index (Phi) is 4.39. The van der Waals surface area contributed by atoms with Gasteiger partial charge in [0, 0.05) is 19.1 Å². The lowest BCUT2D eigenvalue weighted by molar-refractivity contribution is 0.312. The van der Waals surface area contributed by atoms with Crippen LogP contribution in [0.2, 0.25) is 0 Å². The van der Waals surface area contributed by atoms with Gasteiger partial charge in [0.1, 0.15) is 0 Å². The van der Waals surface area contributed by atoms with Crippen molar-refractivity contribution in [2.24, 2.45) is 11.7 Å². The second-order valence-corrected chi connectivity index (χ2v) is 6.52. The van der Waals surface area contributed by atoms with Gasteiger partial charge in [-0.1, -0.05) is 24.3 Å². The van der Waals surface area contributed by atoms with Crippen molar-refractivity contribution in [1.82, 2.24) is 9.80 Å². The second kappa shape index (κ2) is 6.25. The third-order valence-electron chi connectivity index (χ3n) is 4.91. The van der Waals surface area contributed by atoms with E-state index in [-0.39, 0.29) is 0 Å². The molecule has 0 amide bonds. The van der Waals surface area contributed by atoms with E-state index in [1.54, 1.807) is 0 Å². The smallest absolute Gasteiger partial charge is 0.0348 e. The molecule has 0 aromatic heterocycles. The molecule has 0 bridgehead atoms. The topological polar surface area (TPSA) is 32.5 Å². The average Bonchev–Trinajstić information content (AvgIpc) is 3.08. The summed E-state index contributed by atoms with van der Waals surface area (Å²) in [6.45, 7) is 5.60. The Morgan fingerprint density at radius 3 is 2.75 bits per heavy atom. The summed E-state index contributed by atoms with van der Waals surface area (Å²) in [7, 11) is 2.23. The summed E-state index contributed by atoms with van der Waals surface area (Å²) in [6, 6.07) is 9.76. The molecule has 2 saturated heterocycles. The summed E-state index contributed by atoms with van der Waals surface area (Å²) in [4.78, 5) is 5.03. The van der Waals surface area contributed by atoms with Gasteiger partial charge in [-0.05, 0) is 63.0 Å². The van der Waals surface area contributed by atoms with Crippen molar-refractivity contribution in [2.75, 3.05) is 33.2 Å². The van der Waals surface area contributed by atoms with Crippen molar-refractivity contribution >= 4 is 0 Å². The third kappa shape index (κ3) is 3.05. The number of nitrogens with two attached hydrogens (primary N) is 1. The lowest BCUT2D eigenvalue weighted by Gasteiger charge is -2.21. The fourth-order valence-corrected chi connectivity index (χ4v) is 3.76. The molecule has 3 heteroatoms. The molecule has 3 nitrogen and oxygen atoms in total. The molecule has 2 aliphatic rings. The summed E-state index contributed by atoms with van der Waals surface area (Å²) >= 11 is 0. The summed E-state index contributed by atoms with van der Waals surface area (Å²) in [6.07, 6.45) is 3.94. The molecule has 0 spiro atoms. The number of hydrogen-bond acceptors (Lipinski definition) is 3. The summed E-state index contributed by atoms with van der Waals surface area (Å²) in [5.41, 5.74) is 8.78. The van der Waals surface area contributed by atoms with Gasteiger partial charge in [0.25, 0.3) is 0 Å². The Morgan fingerprint density at radius 2 is 2.05 bits per heavy atom. The van der Waals surface area contributed by atoms with Crippen LogP contribution in [0.25, 0.3) is 0 Å². The maximum Gasteiger partial charge on any atom is 0.0348 e. The molecule has 2 atom stereocenters. The van der Waals surface area contributed by atoms with Crippen LogP contribution in [0.4, 0.5) is 0 Å². The number of likely N-dealkylation sites (tertiary alicyclic amines) is 2. The molecule has 1 aromatic carbocycles. The summed E-state index contributed by atoms with van der Waals surface area (Å²) in [5, 5.41) is 0. The van der Waals surface area contributed by atoms with Gasteiger partial charge >= 0.3 is 0 Å². The standard InChI is InChI=1S/C17H27N3/c1-19-12-15(11-18)10-17(19)16-6-4-5-14(9-16)13-20-7-2-3-8-20/h4-6,9,15,17H,2-3,7-8,10-13,18H2,1H3. The van der Waals surface area contributed by atoms with E-state index >= 15 is 0 Å². The average molecular weight is 273 g/mol. The van der Waals surface area contributed by atoms with Crippen LogP contribution >= 0.6 is 0 Å². The Labute approximate surface area is 122 Å². The summed E-state index contributed by atoms with van der Waals surface area (Å²) in [5.74, 6) is 0.659. The zero-order valence-corrected chi connectivity index (χ0v) is 12.6. The van der Waals surface area contributed by atoms with Crippen LogP contribution in [0.15, 0.2) is 24.3 Å². The van der Waals surface area contributed by atoms with Crippen LogP contribution in [0.5, 0.6) is 0 Å². The Morgan fingerprint density at radius 1 is 1.25 bits per heavy atom. The van der Waals surface area contributed by atoms with E-state index < -0.39 is 0 Å². The van der Waals surface area contributed by atoms with Crippen molar-refractivity contribution in [1.29, 1.82) is 0 Å². The van der Waals surface area contributed by atoms with Gasteiger partial charge in [-0.25, -0.2) is 0 Å². The zero-order chi connectivity index (χ0) is 13.9. The lowest BCUT2D eigenvalue weighted by Crippen LogP contribution is -2.21. The quantitative estimate of drug-likeness (QED) is 0.913. The van der Waals surface area contributed by atoms with Gasteiger partial charge in [-0.2, -0.15) is 0 Å². The van der Waals surface area contributed by atoms with E-state index in [2.05, 4.69) is 41.1 Å². The minimum Gasteiger partial charge on any atom is -0.330 e. The first-order valence-corrected chi connectivity index (χ1v) is 7.98. The minimum atomic E-state index is 0.557. The normalized spacial score (nSPS) is 28.3. The van der Waals surface area contributed by atoms with Gasteiger partial charge < -0.3 is 5.73 Å². The van der Waals surface area contributed by atoms with Crippen LogP contribution in [0, 0.1) is 5.92 Å². The van der Waals surface area contributed by atoms with E-state index in [9.17, 15) is 0 Å². The fraction of sp³-hybridized carbons (Fsp3) is 0.647. The molecule has 2 heterocycles.